The summed E-state index contributed by atoms with van der Waals surface area (Å²) in [7, 11) is -1.32. The lowest BCUT2D eigenvalue weighted by molar-refractivity contribution is -0.161. The highest BCUT2D eigenvalue weighted by Gasteiger charge is 2.38. The zero-order valence-corrected chi connectivity index (χ0v) is 7.40. The number of ether oxygens (including phenoxy) is 2. The van der Waals surface area contributed by atoms with E-state index in [1.54, 1.807) is 6.08 Å². The molecule has 4 nitrogen and oxygen atoms in total. The van der Waals surface area contributed by atoms with Crippen LogP contribution in [0.5, 0.6) is 0 Å². The molecule has 1 heterocycles. The Kier molecular flexibility index (Phi) is 2.42. The van der Waals surface area contributed by atoms with Gasteiger partial charge in [0.2, 0.25) is 0 Å². The Balaban J connectivity index is 2.02. The molecular formula is C8H13BO4. The first kappa shape index (κ1) is 9.21. The van der Waals surface area contributed by atoms with Crippen LogP contribution in [0.2, 0.25) is 0 Å². The van der Waals surface area contributed by atoms with Crippen LogP contribution >= 0.6 is 0 Å². The molecule has 0 atom stereocenters. The molecule has 1 aliphatic heterocycles. The van der Waals surface area contributed by atoms with Crippen LogP contribution in [-0.4, -0.2) is 36.2 Å². The van der Waals surface area contributed by atoms with Gasteiger partial charge in [-0.3, -0.25) is 0 Å². The number of hydrogen-bond acceptors (Lipinski definition) is 4. The molecule has 72 valence electrons. The molecule has 0 aromatic carbocycles. The van der Waals surface area contributed by atoms with Crippen LogP contribution in [0.1, 0.15) is 19.3 Å². The predicted octanol–water partition coefficient (Wildman–Crippen LogP) is -0.148. The molecule has 0 radical (unpaired) electrons. The molecule has 0 aromatic heterocycles. The molecule has 1 fully saturated rings. The second kappa shape index (κ2) is 3.42. The van der Waals surface area contributed by atoms with Gasteiger partial charge in [-0.1, -0.05) is 6.08 Å². The van der Waals surface area contributed by atoms with E-state index in [9.17, 15) is 0 Å². The Hall–Kier alpha value is -0.355. The minimum atomic E-state index is -1.32. The summed E-state index contributed by atoms with van der Waals surface area (Å²) in [6.45, 7) is 1.29. The van der Waals surface area contributed by atoms with Gasteiger partial charge in [0.15, 0.2) is 5.79 Å². The third kappa shape index (κ3) is 1.78. The van der Waals surface area contributed by atoms with Crippen molar-refractivity contribution in [3.05, 3.63) is 11.5 Å². The number of hydrogen-bond donors (Lipinski definition) is 2. The summed E-state index contributed by atoms with van der Waals surface area (Å²) >= 11 is 0. The van der Waals surface area contributed by atoms with Gasteiger partial charge < -0.3 is 19.5 Å². The number of rotatable bonds is 1. The van der Waals surface area contributed by atoms with Gasteiger partial charge in [-0.2, -0.15) is 0 Å². The van der Waals surface area contributed by atoms with Crippen molar-refractivity contribution in [2.24, 2.45) is 0 Å². The minimum Gasteiger partial charge on any atom is -0.423 e. The maximum atomic E-state index is 8.91. The molecule has 0 aromatic rings. The fourth-order valence-electron chi connectivity index (χ4n) is 1.82. The largest absolute Gasteiger partial charge is 0.483 e. The minimum absolute atomic E-state index is 0.460. The quantitative estimate of drug-likeness (QED) is 0.556. The van der Waals surface area contributed by atoms with Crippen LogP contribution in [0.3, 0.4) is 0 Å². The van der Waals surface area contributed by atoms with E-state index in [0.717, 1.165) is 6.42 Å². The molecule has 1 spiro atoms. The van der Waals surface area contributed by atoms with Gasteiger partial charge in [-0.05, 0) is 11.9 Å². The monoisotopic (exact) mass is 184 g/mol. The lowest BCUT2D eigenvalue weighted by atomic mass is 9.72. The summed E-state index contributed by atoms with van der Waals surface area (Å²) in [5.74, 6) is -0.460. The SMILES string of the molecule is OB(O)C1=CCC2(CC1)OCCO2. The van der Waals surface area contributed by atoms with Crippen molar-refractivity contribution in [1.29, 1.82) is 0 Å². The Bertz CT molecular complexity index is 220. The maximum absolute atomic E-state index is 8.91. The normalized spacial score (nSPS) is 26.2. The predicted molar refractivity (Wildman–Crippen MR) is 46.8 cm³/mol. The molecule has 0 saturated carbocycles. The first-order chi connectivity index (χ1) is 6.22. The van der Waals surface area contributed by atoms with Crippen molar-refractivity contribution in [2.75, 3.05) is 13.2 Å². The van der Waals surface area contributed by atoms with E-state index in [1.165, 1.54) is 0 Å². The molecule has 0 unspecified atom stereocenters. The topological polar surface area (TPSA) is 58.9 Å². The average molecular weight is 184 g/mol. The van der Waals surface area contributed by atoms with Crippen LogP contribution in [0.4, 0.5) is 0 Å². The van der Waals surface area contributed by atoms with Crippen LogP contribution in [-0.2, 0) is 9.47 Å². The average Bonchev–Trinajstić information content (AvgIpc) is 2.54. The van der Waals surface area contributed by atoms with Crippen molar-refractivity contribution >= 4 is 7.12 Å². The summed E-state index contributed by atoms with van der Waals surface area (Å²) in [6.07, 6.45) is 3.79. The molecule has 13 heavy (non-hydrogen) atoms. The van der Waals surface area contributed by atoms with E-state index < -0.39 is 12.9 Å². The second-order valence-electron chi connectivity index (χ2n) is 3.46. The van der Waals surface area contributed by atoms with Crippen molar-refractivity contribution in [1.82, 2.24) is 0 Å². The Morgan fingerprint density at radius 2 is 2.00 bits per heavy atom. The van der Waals surface area contributed by atoms with Gasteiger partial charge in [-0.15, -0.1) is 0 Å². The smallest absolute Gasteiger partial charge is 0.423 e. The van der Waals surface area contributed by atoms with Gasteiger partial charge in [0.25, 0.3) is 0 Å². The highest BCUT2D eigenvalue weighted by atomic mass is 16.7. The molecule has 0 amide bonds. The molecule has 1 aliphatic carbocycles. The van der Waals surface area contributed by atoms with Crippen LogP contribution in [0, 0.1) is 0 Å². The molecule has 0 bridgehead atoms. The highest BCUT2D eigenvalue weighted by molar-refractivity contribution is 6.50. The van der Waals surface area contributed by atoms with E-state index in [2.05, 4.69) is 0 Å². The Morgan fingerprint density at radius 3 is 2.46 bits per heavy atom. The van der Waals surface area contributed by atoms with Gasteiger partial charge in [-0.25, -0.2) is 0 Å². The van der Waals surface area contributed by atoms with Crippen molar-refractivity contribution in [2.45, 2.75) is 25.0 Å². The molecular weight excluding hydrogens is 171 g/mol. The van der Waals surface area contributed by atoms with Crippen LogP contribution in [0.25, 0.3) is 0 Å². The zero-order chi connectivity index (χ0) is 9.31. The van der Waals surface area contributed by atoms with Gasteiger partial charge in [0.05, 0.1) is 13.2 Å². The van der Waals surface area contributed by atoms with Gasteiger partial charge in [0.1, 0.15) is 0 Å². The zero-order valence-electron chi connectivity index (χ0n) is 7.40. The summed E-state index contributed by atoms with van der Waals surface area (Å²) in [5.41, 5.74) is 0.671. The molecule has 2 aliphatic rings. The third-order valence-corrected chi connectivity index (χ3v) is 2.62. The molecule has 2 N–H and O–H groups in total. The van der Waals surface area contributed by atoms with E-state index >= 15 is 0 Å². The van der Waals surface area contributed by atoms with E-state index in [-0.39, 0.29) is 0 Å². The van der Waals surface area contributed by atoms with Crippen LogP contribution in [0.15, 0.2) is 11.5 Å². The van der Waals surface area contributed by atoms with E-state index in [0.29, 0.717) is 31.5 Å². The first-order valence-corrected chi connectivity index (χ1v) is 4.55. The van der Waals surface area contributed by atoms with Gasteiger partial charge >= 0.3 is 7.12 Å². The van der Waals surface area contributed by atoms with Gasteiger partial charge in [0, 0.05) is 12.8 Å². The summed E-state index contributed by atoms with van der Waals surface area (Å²) in [4.78, 5) is 0. The third-order valence-electron chi connectivity index (χ3n) is 2.62. The maximum Gasteiger partial charge on any atom is 0.483 e. The molecule has 2 rings (SSSR count). The standard InChI is InChI=1S/C8H13BO4/c10-9(11)7-1-3-8(4-2-7)12-5-6-13-8/h1,10-11H,2-6H2. The van der Waals surface area contributed by atoms with Crippen molar-refractivity contribution in [3.63, 3.8) is 0 Å². The van der Waals surface area contributed by atoms with E-state index in [1.807, 2.05) is 0 Å². The van der Waals surface area contributed by atoms with E-state index in [4.69, 9.17) is 19.5 Å². The summed E-state index contributed by atoms with van der Waals surface area (Å²) in [5, 5.41) is 17.8. The van der Waals surface area contributed by atoms with Crippen molar-refractivity contribution < 1.29 is 19.5 Å². The van der Waals surface area contributed by atoms with Crippen LogP contribution < -0.4 is 0 Å². The molecule has 1 saturated heterocycles. The Labute approximate surface area is 77.3 Å². The first-order valence-electron chi connectivity index (χ1n) is 4.55. The summed E-state index contributed by atoms with van der Waals surface area (Å²) in [6, 6.07) is 0. The lowest BCUT2D eigenvalue weighted by Crippen LogP contribution is -2.34. The summed E-state index contributed by atoms with van der Waals surface area (Å²) < 4.78 is 11.0. The fourth-order valence-corrected chi connectivity index (χ4v) is 1.82. The fraction of sp³-hybridized carbons (Fsp3) is 0.750. The van der Waals surface area contributed by atoms with Crippen molar-refractivity contribution in [3.8, 4) is 0 Å². The highest BCUT2D eigenvalue weighted by Crippen LogP contribution is 2.34. The number of allylic oxidation sites excluding steroid dienone is 1. The lowest BCUT2D eigenvalue weighted by Gasteiger charge is -2.30. The second-order valence-corrected chi connectivity index (χ2v) is 3.46. The molecule has 5 heteroatoms. The Morgan fingerprint density at radius 1 is 1.31 bits per heavy atom.